The molecule has 1 amide bonds. The molecule has 2 aromatic rings. The molecule has 0 unspecified atom stereocenters. The summed E-state index contributed by atoms with van der Waals surface area (Å²) < 4.78 is 19.8. The van der Waals surface area contributed by atoms with E-state index < -0.39 is 5.82 Å². The number of carbonyl (C=O) groups is 1. The zero-order valence-corrected chi connectivity index (χ0v) is 16.0. The molecular weight excluding hydrogens is 343 g/mol. The Hall–Kier alpha value is -2.40. The highest BCUT2D eigenvalue weighted by atomic mass is 19.1. The van der Waals surface area contributed by atoms with E-state index in [4.69, 9.17) is 4.74 Å². The van der Waals surface area contributed by atoms with Gasteiger partial charge in [0.05, 0.1) is 12.7 Å². The monoisotopic (exact) mass is 370 g/mol. The molecule has 0 radical (unpaired) electrons. The van der Waals surface area contributed by atoms with E-state index in [0.717, 1.165) is 42.8 Å². The second kappa shape index (κ2) is 9.00. The lowest BCUT2D eigenvalue weighted by atomic mass is 9.96. The maximum atomic E-state index is 14.6. The number of rotatable bonds is 6. The van der Waals surface area contributed by atoms with Gasteiger partial charge in [-0.05, 0) is 67.2 Å². The Bertz CT molecular complexity index is 768. The smallest absolute Gasteiger partial charge is 0.256 e. The fraction of sp³-hybridized carbons (Fsp3) is 0.409. The van der Waals surface area contributed by atoms with Crippen molar-refractivity contribution in [3.05, 3.63) is 53.8 Å². The first-order valence-corrected chi connectivity index (χ1v) is 9.56. The van der Waals surface area contributed by atoms with E-state index in [1.54, 1.807) is 24.1 Å². The number of hydrogen-bond donors (Lipinski definition) is 1. The Kier molecular flexibility index (Phi) is 6.45. The average molecular weight is 370 g/mol. The SMILES string of the molecule is CCNCC1CCN(C(=O)c2ccc(-c3ccc(OC)cc3)cc2F)CC1. The second-order valence-corrected chi connectivity index (χ2v) is 6.97. The van der Waals surface area contributed by atoms with Crippen molar-refractivity contribution in [1.29, 1.82) is 0 Å². The molecule has 0 aliphatic carbocycles. The number of benzene rings is 2. The van der Waals surface area contributed by atoms with Gasteiger partial charge in [-0.15, -0.1) is 0 Å². The largest absolute Gasteiger partial charge is 0.497 e. The highest BCUT2D eigenvalue weighted by Gasteiger charge is 2.25. The second-order valence-electron chi connectivity index (χ2n) is 6.97. The molecule has 1 saturated heterocycles. The normalized spacial score (nSPS) is 15.0. The first kappa shape index (κ1) is 19.4. The molecular formula is C22H27FN2O2. The number of nitrogens with zero attached hydrogens (tertiary/aromatic N) is 1. The Morgan fingerprint density at radius 2 is 1.81 bits per heavy atom. The number of ether oxygens (including phenoxy) is 1. The van der Waals surface area contributed by atoms with Crippen LogP contribution in [0.15, 0.2) is 42.5 Å². The number of methoxy groups -OCH3 is 1. The van der Waals surface area contributed by atoms with Crippen molar-refractivity contribution in [3.63, 3.8) is 0 Å². The number of halogens is 1. The molecule has 0 aromatic heterocycles. The molecule has 3 rings (SSSR count). The Morgan fingerprint density at radius 1 is 1.15 bits per heavy atom. The summed E-state index contributed by atoms with van der Waals surface area (Å²) in [4.78, 5) is 14.5. The molecule has 0 spiro atoms. The van der Waals surface area contributed by atoms with Crippen molar-refractivity contribution in [2.24, 2.45) is 5.92 Å². The standard InChI is InChI=1S/C22H27FN2O2/c1-3-24-15-16-10-12-25(13-11-16)22(26)20-9-6-18(14-21(20)23)17-4-7-19(27-2)8-5-17/h4-9,14,16,24H,3,10-13,15H2,1-2H3. The van der Waals surface area contributed by atoms with Gasteiger partial charge in [-0.3, -0.25) is 4.79 Å². The zero-order valence-electron chi connectivity index (χ0n) is 16.0. The van der Waals surface area contributed by atoms with Gasteiger partial charge in [-0.25, -0.2) is 4.39 Å². The summed E-state index contributed by atoms with van der Waals surface area (Å²) in [6.45, 7) is 5.43. The maximum Gasteiger partial charge on any atom is 0.256 e. The molecule has 27 heavy (non-hydrogen) atoms. The van der Waals surface area contributed by atoms with Gasteiger partial charge in [0.2, 0.25) is 0 Å². The maximum absolute atomic E-state index is 14.6. The van der Waals surface area contributed by atoms with E-state index in [2.05, 4.69) is 12.2 Å². The summed E-state index contributed by atoms with van der Waals surface area (Å²) in [6, 6.07) is 12.3. The van der Waals surface area contributed by atoms with Gasteiger partial charge in [0, 0.05) is 13.1 Å². The summed E-state index contributed by atoms with van der Waals surface area (Å²) in [7, 11) is 1.61. The predicted octanol–water partition coefficient (Wildman–Crippen LogP) is 3.96. The summed E-state index contributed by atoms with van der Waals surface area (Å²) in [5.41, 5.74) is 1.78. The van der Waals surface area contributed by atoms with Crippen molar-refractivity contribution >= 4 is 5.91 Å². The van der Waals surface area contributed by atoms with Gasteiger partial charge in [0.1, 0.15) is 11.6 Å². The Balaban J connectivity index is 1.67. The van der Waals surface area contributed by atoms with Crippen LogP contribution in [-0.2, 0) is 0 Å². The molecule has 2 aromatic carbocycles. The highest BCUT2D eigenvalue weighted by Crippen LogP contribution is 2.26. The molecule has 144 valence electrons. The van der Waals surface area contributed by atoms with Crippen molar-refractivity contribution in [3.8, 4) is 16.9 Å². The highest BCUT2D eigenvalue weighted by molar-refractivity contribution is 5.95. The number of nitrogens with one attached hydrogen (secondary N) is 1. The van der Waals surface area contributed by atoms with Crippen LogP contribution in [0.3, 0.4) is 0 Å². The van der Waals surface area contributed by atoms with E-state index >= 15 is 0 Å². The minimum atomic E-state index is -0.469. The van der Waals surface area contributed by atoms with E-state index in [0.29, 0.717) is 19.0 Å². The summed E-state index contributed by atoms with van der Waals surface area (Å²) in [6.07, 6.45) is 1.93. The van der Waals surface area contributed by atoms with Crippen LogP contribution in [0.1, 0.15) is 30.1 Å². The zero-order chi connectivity index (χ0) is 19.2. The molecule has 0 saturated carbocycles. The summed E-state index contributed by atoms with van der Waals surface area (Å²) in [5, 5.41) is 3.36. The van der Waals surface area contributed by atoms with Gasteiger partial charge < -0.3 is 15.0 Å². The molecule has 1 heterocycles. The fourth-order valence-electron chi connectivity index (χ4n) is 3.51. The third-order valence-electron chi connectivity index (χ3n) is 5.21. The third-order valence-corrected chi connectivity index (χ3v) is 5.21. The van der Waals surface area contributed by atoms with Crippen LogP contribution in [0.25, 0.3) is 11.1 Å². The van der Waals surface area contributed by atoms with Crippen LogP contribution in [0, 0.1) is 11.7 Å². The fourth-order valence-corrected chi connectivity index (χ4v) is 3.51. The summed E-state index contributed by atoms with van der Waals surface area (Å²) in [5.74, 6) is 0.665. The van der Waals surface area contributed by atoms with Gasteiger partial charge in [0.25, 0.3) is 5.91 Å². The van der Waals surface area contributed by atoms with Crippen molar-refractivity contribution in [2.45, 2.75) is 19.8 Å². The van der Waals surface area contributed by atoms with Crippen LogP contribution in [0.2, 0.25) is 0 Å². The van der Waals surface area contributed by atoms with E-state index in [9.17, 15) is 9.18 Å². The van der Waals surface area contributed by atoms with Gasteiger partial charge in [-0.1, -0.05) is 25.1 Å². The number of amides is 1. The molecule has 1 N–H and O–H groups in total. The Morgan fingerprint density at radius 3 is 2.41 bits per heavy atom. The van der Waals surface area contributed by atoms with Crippen LogP contribution in [-0.4, -0.2) is 44.1 Å². The van der Waals surface area contributed by atoms with Gasteiger partial charge in [-0.2, -0.15) is 0 Å². The van der Waals surface area contributed by atoms with Crippen molar-refractivity contribution < 1.29 is 13.9 Å². The molecule has 1 aliphatic heterocycles. The molecule has 1 fully saturated rings. The summed E-state index contributed by atoms with van der Waals surface area (Å²) >= 11 is 0. The van der Waals surface area contributed by atoms with Crippen molar-refractivity contribution in [1.82, 2.24) is 10.2 Å². The van der Waals surface area contributed by atoms with Crippen molar-refractivity contribution in [2.75, 3.05) is 33.3 Å². The van der Waals surface area contributed by atoms with Gasteiger partial charge >= 0.3 is 0 Å². The third kappa shape index (κ3) is 4.66. The number of hydrogen-bond acceptors (Lipinski definition) is 3. The van der Waals surface area contributed by atoms with Crippen LogP contribution in [0.4, 0.5) is 4.39 Å². The molecule has 0 bridgehead atoms. The lowest BCUT2D eigenvalue weighted by Crippen LogP contribution is -2.41. The van der Waals surface area contributed by atoms with Gasteiger partial charge in [0.15, 0.2) is 0 Å². The van der Waals surface area contributed by atoms with E-state index in [1.165, 1.54) is 6.07 Å². The first-order valence-electron chi connectivity index (χ1n) is 9.56. The minimum absolute atomic E-state index is 0.150. The quantitative estimate of drug-likeness (QED) is 0.837. The topological polar surface area (TPSA) is 41.6 Å². The van der Waals surface area contributed by atoms with Crippen LogP contribution < -0.4 is 10.1 Å². The van der Waals surface area contributed by atoms with Crippen LogP contribution >= 0.6 is 0 Å². The predicted molar refractivity (Wildman–Crippen MR) is 106 cm³/mol. The molecule has 0 atom stereocenters. The molecule has 5 heteroatoms. The Labute approximate surface area is 160 Å². The number of piperidine rings is 1. The lowest BCUT2D eigenvalue weighted by molar-refractivity contribution is 0.0685. The first-order chi connectivity index (χ1) is 13.1. The number of carbonyl (C=O) groups excluding carboxylic acids is 1. The molecule has 1 aliphatic rings. The molecule has 4 nitrogen and oxygen atoms in total. The number of likely N-dealkylation sites (tertiary alicyclic amines) is 1. The average Bonchev–Trinajstić information content (AvgIpc) is 2.72. The van der Waals surface area contributed by atoms with E-state index in [-0.39, 0.29) is 11.5 Å². The van der Waals surface area contributed by atoms with Crippen LogP contribution in [0.5, 0.6) is 5.75 Å². The lowest BCUT2D eigenvalue weighted by Gasteiger charge is -2.32. The van der Waals surface area contributed by atoms with E-state index in [1.807, 2.05) is 24.3 Å². The minimum Gasteiger partial charge on any atom is -0.497 e.